The summed E-state index contributed by atoms with van der Waals surface area (Å²) in [6.07, 6.45) is -0.293. The minimum atomic E-state index is -0.672. The van der Waals surface area contributed by atoms with Crippen LogP contribution in [0.25, 0.3) is 0 Å². The second-order valence-electron chi connectivity index (χ2n) is 7.49. The molecule has 3 rings (SSSR count). The summed E-state index contributed by atoms with van der Waals surface area (Å²) in [6, 6.07) is 14.9. The first-order valence-electron chi connectivity index (χ1n) is 10.6. The minimum absolute atomic E-state index is 0.111. The maximum absolute atomic E-state index is 12.2. The van der Waals surface area contributed by atoms with E-state index in [0.29, 0.717) is 48.0 Å². The highest BCUT2D eigenvalue weighted by molar-refractivity contribution is 9.10. The van der Waals surface area contributed by atoms with Gasteiger partial charge in [-0.3, -0.25) is 14.4 Å². The highest BCUT2D eigenvalue weighted by Crippen LogP contribution is 2.32. The molecular weight excluding hydrogens is 595 g/mol. The van der Waals surface area contributed by atoms with E-state index >= 15 is 0 Å². The van der Waals surface area contributed by atoms with Gasteiger partial charge < -0.3 is 20.1 Å². The van der Waals surface area contributed by atoms with Crippen molar-refractivity contribution in [2.75, 3.05) is 17.2 Å². The Kier molecular flexibility index (Phi) is 10.0. The molecule has 188 valence electrons. The first-order valence-corrected chi connectivity index (χ1v) is 12.5. The number of carbonyl (C=O) groups excluding carboxylic acids is 3. The lowest BCUT2D eigenvalue weighted by molar-refractivity contribution is -0.147. The van der Waals surface area contributed by atoms with Crippen LogP contribution >= 0.6 is 50.7 Å². The Labute approximate surface area is 231 Å². The van der Waals surface area contributed by atoms with Crippen molar-refractivity contribution in [3.8, 4) is 11.5 Å². The van der Waals surface area contributed by atoms with Crippen LogP contribution in [0.2, 0.25) is 15.1 Å². The molecule has 0 unspecified atom stereocenters. The van der Waals surface area contributed by atoms with Crippen LogP contribution in [0, 0.1) is 6.92 Å². The zero-order valence-electron chi connectivity index (χ0n) is 18.9. The quantitative estimate of drug-likeness (QED) is 0.245. The molecule has 3 aromatic rings. The number of hydrogen-bond acceptors (Lipinski definition) is 5. The normalized spacial score (nSPS) is 10.5. The van der Waals surface area contributed by atoms with Crippen LogP contribution in [0.5, 0.6) is 11.5 Å². The Bertz CT molecular complexity index is 1290. The molecule has 36 heavy (non-hydrogen) atoms. The van der Waals surface area contributed by atoms with Crippen LogP contribution in [-0.2, 0) is 19.1 Å². The molecule has 0 radical (unpaired) electrons. The van der Waals surface area contributed by atoms with E-state index in [-0.39, 0.29) is 18.7 Å². The second-order valence-corrected chi connectivity index (χ2v) is 9.57. The Morgan fingerprint density at radius 1 is 0.889 bits per heavy atom. The van der Waals surface area contributed by atoms with Gasteiger partial charge in [0.05, 0.1) is 16.5 Å². The van der Waals surface area contributed by atoms with Crippen LogP contribution in [0.4, 0.5) is 11.4 Å². The summed E-state index contributed by atoms with van der Waals surface area (Å²) in [5, 5.41) is 6.66. The lowest BCUT2D eigenvalue weighted by Gasteiger charge is -2.11. The molecule has 0 saturated carbocycles. The molecule has 2 N–H and O–H groups in total. The Morgan fingerprint density at radius 3 is 2.31 bits per heavy atom. The molecule has 0 aromatic heterocycles. The van der Waals surface area contributed by atoms with Gasteiger partial charge in [0.25, 0.3) is 5.91 Å². The summed E-state index contributed by atoms with van der Waals surface area (Å²) in [5.74, 6) is -0.614. The molecule has 3 aromatic carbocycles. The fraction of sp³-hybridized carbons (Fsp3) is 0.160. The van der Waals surface area contributed by atoms with Crippen LogP contribution < -0.4 is 15.4 Å². The maximum atomic E-state index is 12.2. The van der Waals surface area contributed by atoms with Crippen molar-refractivity contribution in [2.45, 2.75) is 19.8 Å². The predicted molar refractivity (Wildman–Crippen MR) is 144 cm³/mol. The van der Waals surface area contributed by atoms with Gasteiger partial charge >= 0.3 is 5.97 Å². The highest BCUT2D eigenvalue weighted by Gasteiger charge is 2.13. The van der Waals surface area contributed by atoms with Gasteiger partial charge in [0.15, 0.2) is 6.61 Å². The van der Waals surface area contributed by atoms with Crippen LogP contribution in [0.15, 0.2) is 59.1 Å². The van der Waals surface area contributed by atoms with Crippen molar-refractivity contribution in [3.63, 3.8) is 0 Å². The molecule has 11 heteroatoms. The van der Waals surface area contributed by atoms with Crippen LogP contribution in [-0.4, -0.2) is 24.4 Å². The smallest absolute Gasteiger partial charge is 0.306 e. The molecule has 0 bridgehead atoms. The summed E-state index contributed by atoms with van der Waals surface area (Å²) >= 11 is 21.4. The third kappa shape index (κ3) is 8.13. The lowest BCUT2D eigenvalue weighted by atomic mass is 10.2. The fourth-order valence-corrected chi connectivity index (χ4v) is 3.96. The average molecular weight is 615 g/mol. The van der Waals surface area contributed by atoms with Gasteiger partial charge in [0.1, 0.15) is 11.5 Å². The molecular formula is C25H20BrCl3N2O5. The molecule has 0 fully saturated rings. The summed E-state index contributed by atoms with van der Waals surface area (Å²) in [4.78, 5) is 36.2. The minimum Gasteiger partial charge on any atom is -0.456 e. The van der Waals surface area contributed by atoms with E-state index < -0.39 is 18.5 Å². The summed E-state index contributed by atoms with van der Waals surface area (Å²) in [5.41, 5.74) is 1.71. The zero-order chi connectivity index (χ0) is 26.2. The Morgan fingerprint density at radius 2 is 1.61 bits per heavy atom. The SMILES string of the molecule is Cc1c(NC(=O)COC(=O)CCC(=O)Nc2ccc(Oc3ccc(Cl)cc3Cl)cc2)ccc(Br)c1Cl. The number of anilines is 2. The lowest BCUT2D eigenvalue weighted by Crippen LogP contribution is -2.22. The molecule has 0 atom stereocenters. The third-order valence-electron chi connectivity index (χ3n) is 4.79. The summed E-state index contributed by atoms with van der Waals surface area (Å²) in [7, 11) is 0. The largest absolute Gasteiger partial charge is 0.456 e. The molecule has 2 amide bonds. The van der Waals surface area contributed by atoms with E-state index in [1.165, 1.54) is 0 Å². The van der Waals surface area contributed by atoms with Gasteiger partial charge in [-0.2, -0.15) is 0 Å². The van der Waals surface area contributed by atoms with Crippen molar-refractivity contribution in [1.29, 1.82) is 0 Å². The number of ether oxygens (including phenoxy) is 2. The van der Waals surface area contributed by atoms with Crippen molar-refractivity contribution in [2.24, 2.45) is 0 Å². The van der Waals surface area contributed by atoms with Crippen LogP contribution in [0.3, 0.4) is 0 Å². The number of rotatable bonds is 9. The van der Waals surface area contributed by atoms with Gasteiger partial charge in [-0.1, -0.05) is 34.8 Å². The molecule has 0 heterocycles. The van der Waals surface area contributed by atoms with Gasteiger partial charge in [-0.25, -0.2) is 0 Å². The van der Waals surface area contributed by atoms with E-state index in [2.05, 4.69) is 26.6 Å². The Hall–Kier alpha value is -2.78. The predicted octanol–water partition coefficient (Wildman–Crippen LogP) is 7.41. The monoisotopic (exact) mass is 612 g/mol. The molecule has 7 nitrogen and oxygen atoms in total. The highest BCUT2D eigenvalue weighted by atomic mass is 79.9. The molecule has 0 aliphatic carbocycles. The number of halogens is 4. The molecule has 0 saturated heterocycles. The van der Waals surface area contributed by atoms with E-state index in [0.717, 1.165) is 0 Å². The number of carbonyl (C=O) groups is 3. The van der Waals surface area contributed by atoms with E-state index in [9.17, 15) is 14.4 Å². The number of amides is 2. The van der Waals surface area contributed by atoms with E-state index in [1.807, 2.05) is 0 Å². The van der Waals surface area contributed by atoms with Gasteiger partial charge in [0, 0.05) is 27.3 Å². The maximum Gasteiger partial charge on any atom is 0.306 e. The number of benzene rings is 3. The third-order valence-corrected chi connectivity index (χ3v) is 6.70. The molecule has 0 spiro atoms. The van der Waals surface area contributed by atoms with Gasteiger partial charge in [-0.05, 0) is 83.0 Å². The standard InChI is InChI=1S/C25H20BrCl3N2O5/c1-14-20(8-7-18(26)25(14)29)31-23(33)13-35-24(34)11-10-22(32)30-16-3-5-17(6-4-16)36-21-9-2-15(27)12-19(21)28/h2-9,12H,10-11,13H2,1H3,(H,30,32)(H,31,33). The Balaban J connectivity index is 1.40. The van der Waals surface area contributed by atoms with Crippen molar-refractivity contribution in [1.82, 2.24) is 0 Å². The first-order chi connectivity index (χ1) is 17.1. The summed E-state index contributed by atoms with van der Waals surface area (Å²) in [6.45, 7) is 1.27. The van der Waals surface area contributed by atoms with Gasteiger partial charge in [-0.15, -0.1) is 0 Å². The summed E-state index contributed by atoms with van der Waals surface area (Å²) < 4.78 is 11.4. The number of hydrogen-bond donors (Lipinski definition) is 2. The van der Waals surface area contributed by atoms with E-state index in [4.69, 9.17) is 44.3 Å². The number of nitrogens with one attached hydrogen (secondary N) is 2. The second kappa shape index (κ2) is 13.0. The van der Waals surface area contributed by atoms with E-state index in [1.54, 1.807) is 61.5 Å². The molecule has 0 aliphatic heterocycles. The van der Waals surface area contributed by atoms with Crippen LogP contribution in [0.1, 0.15) is 18.4 Å². The van der Waals surface area contributed by atoms with Crippen molar-refractivity contribution in [3.05, 3.63) is 79.7 Å². The topological polar surface area (TPSA) is 93.7 Å². The van der Waals surface area contributed by atoms with Crippen molar-refractivity contribution >= 4 is 79.9 Å². The zero-order valence-corrected chi connectivity index (χ0v) is 22.7. The first kappa shape index (κ1) is 27.8. The van der Waals surface area contributed by atoms with Gasteiger partial charge in [0.2, 0.25) is 5.91 Å². The number of esters is 1. The fourth-order valence-electron chi connectivity index (χ4n) is 2.92. The average Bonchev–Trinajstić information content (AvgIpc) is 2.84. The van der Waals surface area contributed by atoms with Crippen molar-refractivity contribution < 1.29 is 23.9 Å². The molecule has 0 aliphatic rings.